The molecular weight excluding hydrogens is 386 g/mol. The van der Waals surface area contributed by atoms with Gasteiger partial charge < -0.3 is 10.1 Å². The van der Waals surface area contributed by atoms with Gasteiger partial charge >= 0.3 is 0 Å². The molecule has 0 saturated heterocycles. The molecule has 0 fully saturated rings. The normalized spacial score (nSPS) is 16.5. The molecule has 3 rings (SSSR count). The molecular formula is C18H19N3O6S. The first-order valence-electron chi connectivity index (χ1n) is 8.46. The van der Waals surface area contributed by atoms with Gasteiger partial charge in [-0.25, -0.2) is 8.42 Å². The lowest BCUT2D eigenvalue weighted by molar-refractivity contribution is -0.385. The molecule has 1 aliphatic rings. The molecule has 1 atom stereocenters. The number of sulfonamides is 1. The van der Waals surface area contributed by atoms with Gasteiger partial charge in [-0.1, -0.05) is 18.2 Å². The Hall–Kier alpha value is -3.14. The van der Waals surface area contributed by atoms with Crippen LogP contribution in [0.5, 0.6) is 5.75 Å². The van der Waals surface area contributed by atoms with Crippen molar-refractivity contribution in [1.29, 1.82) is 0 Å². The number of carbonyl (C=O) groups excluding carboxylic acids is 1. The third-order valence-electron chi connectivity index (χ3n) is 4.45. The number of anilines is 2. The van der Waals surface area contributed by atoms with Crippen LogP contribution in [-0.4, -0.2) is 38.2 Å². The number of nitro groups is 1. The highest BCUT2D eigenvalue weighted by atomic mass is 32.2. The topological polar surface area (TPSA) is 119 Å². The van der Waals surface area contributed by atoms with E-state index >= 15 is 0 Å². The van der Waals surface area contributed by atoms with Crippen molar-refractivity contribution in [2.45, 2.75) is 19.4 Å². The van der Waals surface area contributed by atoms with E-state index in [0.717, 1.165) is 6.26 Å². The van der Waals surface area contributed by atoms with Crippen LogP contribution in [0, 0.1) is 17.0 Å². The maximum Gasteiger partial charge on any atom is 0.274 e. The molecule has 1 aliphatic heterocycles. The van der Waals surface area contributed by atoms with Gasteiger partial charge in [-0.05, 0) is 25.1 Å². The molecule has 1 unspecified atom stereocenters. The van der Waals surface area contributed by atoms with Crippen molar-refractivity contribution in [3.63, 3.8) is 0 Å². The first-order chi connectivity index (χ1) is 13.2. The number of fused-ring (bicyclic) bond motifs is 1. The molecule has 1 amide bonds. The lowest BCUT2D eigenvalue weighted by Crippen LogP contribution is -2.36. The van der Waals surface area contributed by atoms with Gasteiger partial charge in [0.1, 0.15) is 5.75 Å². The number of nitrogens with one attached hydrogen (secondary N) is 1. The lowest BCUT2D eigenvalue weighted by atomic mass is 10.1. The summed E-state index contributed by atoms with van der Waals surface area (Å²) in [4.78, 5) is 23.3. The van der Waals surface area contributed by atoms with E-state index < -0.39 is 27.0 Å². The summed E-state index contributed by atoms with van der Waals surface area (Å²) in [5.74, 6) is -0.227. The number of nitro benzene ring substituents is 1. The summed E-state index contributed by atoms with van der Waals surface area (Å²) in [6, 6.07) is 11.0. The SMILES string of the molecule is Cc1c(NC(=O)C2CCN(S(C)(=O)=O)c3ccccc3O2)cccc1[N+](=O)[O-]. The van der Waals surface area contributed by atoms with Gasteiger partial charge in [-0.3, -0.25) is 19.2 Å². The Kier molecular flexibility index (Phi) is 5.23. The number of para-hydroxylation sites is 2. The minimum Gasteiger partial charge on any atom is -0.478 e. The van der Waals surface area contributed by atoms with Crippen LogP contribution in [0.2, 0.25) is 0 Å². The zero-order valence-corrected chi connectivity index (χ0v) is 16.1. The number of ether oxygens (including phenoxy) is 1. The highest BCUT2D eigenvalue weighted by Gasteiger charge is 2.31. The maximum atomic E-state index is 12.7. The fraction of sp³-hybridized carbons (Fsp3) is 0.278. The van der Waals surface area contributed by atoms with Crippen molar-refractivity contribution in [2.24, 2.45) is 0 Å². The molecule has 28 heavy (non-hydrogen) atoms. The van der Waals surface area contributed by atoms with E-state index in [1.165, 1.54) is 16.4 Å². The Balaban J connectivity index is 1.87. The van der Waals surface area contributed by atoms with Gasteiger partial charge in [0.15, 0.2) is 6.10 Å². The van der Waals surface area contributed by atoms with E-state index in [1.54, 1.807) is 37.3 Å². The number of nitrogens with zero attached hydrogens (tertiary/aromatic N) is 2. The van der Waals surface area contributed by atoms with Gasteiger partial charge in [0.25, 0.3) is 11.6 Å². The van der Waals surface area contributed by atoms with Crippen LogP contribution >= 0.6 is 0 Å². The summed E-state index contributed by atoms with van der Waals surface area (Å²) in [6.45, 7) is 1.62. The summed E-state index contributed by atoms with van der Waals surface area (Å²) in [6.07, 6.45) is 0.268. The number of carbonyl (C=O) groups is 1. The van der Waals surface area contributed by atoms with E-state index in [-0.39, 0.29) is 24.4 Å². The van der Waals surface area contributed by atoms with Crippen molar-refractivity contribution in [2.75, 3.05) is 22.4 Å². The molecule has 148 valence electrons. The van der Waals surface area contributed by atoms with E-state index in [4.69, 9.17) is 4.74 Å². The third kappa shape index (κ3) is 3.91. The van der Waals surface area contributed by atoms with Gasteiger partial charge in [0.2, 0.25) is 10.0 Å². The van der Waals surface area contributed by atoms with Crippen molar-refractivity contribution >= 4 is 33.0 Å². The van der Waals surface area contributed by atoms with Crippen molar-refractivity contribution in [1.82, 2.24) is 0 Å². The van der Waals surface area contributed by atoms with Crippen LogP contribution in [0.3, 0.4) is 0 Å². The first-order valence-corrected chi connectivity index (χ1v) is 10.3. The molecule has 0 spiro atoms. The third-order valence-corrected chi connectivity index (χ3v) is 5.63. The monoisotopic (exact) mass is 405 g/mol. The van der Waals surface area contributed by atoms with E-state index in [0.29, 0.717) is 16.9 Å². The summed E-state index contributed by atoms with van der Waals surface area (Å²) in [7, 11) is -3.55. The zero-order chi connectivity index (χ0) is 20.5. The van der Waals surface area contributed by atoms with E-state index in [9.17, 15) is 23.3 Å². The minimum absolute atomic E-state index is 0.0713. The summed E-state index contributed by atoms with van der Waals surface area (Å²) in [5.41, 5.74) is 0.896. The quantitative estimate of drug-likeness (QED) is 0.616. The van der Waals surface area contributed by atoms with Crippen LogP contribution < -0.4 is 14.4 Å². The van der Waals surface area contributed by atoms with Crippen molar-refractivity contribution in [3.05, 3.63) is 58.1 Å². The van der Waals surface area contributed by atoms with Crippen LogP contribution in [0.15, 0.2) is 42.5 Å². The highest BCUT2D eigenvalue weighted by molar-refractivity contribution is 7.92. The molecule has 1 N–H and O–H groups in total. The second-order valence-electron chi connectivity index (χ2n) is 6.39. The van der Waals surface area contributed by atoms with Crippen molar-refractivity contribution < 1.29 is 22.9 Å². The average Bonchev–Trinajstić information content (AvgIpc) is 2.82. The van der Waals surface area contributed by atoms with E-state index in [1.807, 2.05) is 0 Å². The number of amides is 1. The van der Waals surface area contributed by atoms with Crippen molar-refractivity contribution in [3.8, 4) is 5.75 Å². The van der Waals surface area contributed by atoms with Crippen LogP contribution in [0.25, 0.3) is 0 Å². The summed E-state index contributed by atoms with van der Waals surface area (Å²) >= 11 is 0. The van der Waals surface area contributed by atoms with Gasteiger partial charge in [0.05, 0.1) is 28.1 Å². The Morgan fingerprint density at radius 1 is 1.25 bits per heavy atom. The Morgan fingerprint density at radius 2 is 1.96 bits per heavy atom. The number of hydrogen-bond acceptors (Lipinski definition) is 6. The van der Waals surface area contributed by atoms with Gasteiger partial charge in [-0.15, -0.1) is 0 Å². The zero-order valence-electron chi connectivity index (χ0n) is 15.3. The Bertz CT molecular complexity index is 1040. The number of benzene rings is 2. The molecule has 9 nitrogen and oxygen atoms in total. The molecule has 1 heterocycles. The predicted molar refractivity (Wildman–Crippen MR) is 104 cm³/mol. The number of rotatable bonds is 4. The molecule has 0 saturated carbocycles. The fourth-order valence-corrected chi connectivity index (χ4v) is 3.97. The van der Waals surface area contributed by atoms with Gasteiger partial charge in [0, 0.05) is 19.0 Å². The second kappa shape index (κ2) is 7.47. The predicted octanol–water partition coefficient (Wildman–Crippen LogP) is 2.46. The second-order valence-corrected chi connectivity index (χ2v) is 8.30. The van der Waals surface area contributed by atoms with Crippen LogP contribution in [0.4, 0.5) is 17.1 Å². The molecule has 0 bridgehead atoms. The smallest absolute Gasteiger partial charge is 0.274 e. The first kappa shape index (κ1) is 19.6. The molecule has 0 radical (unpaired) electrons. The molecule has 0 aromatic heterocycles. The van der Waals surface area contributed by atoms with Gasteiger partial charge in [-0.2, -0.15) is 0 Å². The molecule has 0 aliphatic carbocycles. The summed E-state index contributed by atoms with van der Waals surface area (Å²) in [5, 5.41) is 13.7. The fourth-order valence-electron chi connectivity index (χ4n) is 3.03. The minimum atomic E-state index is -3.55. The lowest BCUT2D eigenvalue weighted by Gasteiger charge is -2.20. The molecule has 2 aromatic rings. The number of hydrogen-bond donors (Lipinski definition) is 1. The van der Waals surface area contributed by atoms with Crippen LogP contribution in [-0.2, 0) is 14.8 Å². The average molecular weight is 405 g/mol. The standard InChI is InChI=1S/C18H19N3O6S/c1-12-13(6-5-8-14(12)21(23)24)19-18(22)17-10-11-20(28(2,25)26)15-7-3-4-9-16(15)27-17/h3-9,17H,10-11H2,1-2H3,(H,19,22). The van der Waals surface area contributed by atoms with E-state index in [2.05, 4.69) is 5.32 Å². The van der Waals surface area contributed by atoms with Crippen LogP contribution in [0.1, 0.15) is 12.0 Å². The molecule has 10 heteroatoms. The Morgan fingerprint density at radius 3 is 2.64 bits per heavy atom. The Labute approximate surface area is 162 Å². The maximum absolute atomic E-state index is 12.7. The largest absolute Gasteiger partial charge is 0.478 e. The molecule has 2 aromatic carbocycles. The summed E-state index contributed by atoms with van der Waals surface area (Å²) < 4.78 is 31.2. The highest BCUT2D eigenvalue weighted by Crippen LogP contribution is 2.34.